The molecular weight excluding hydrogens is 415 g/mol. The molecule has 0 radical (unpaired) electrons. The van der Waals surface area contributed by atoms with Crippen LogP contribution in [0.4, 0.5) is 10.2 Å². The van der Waals surface area contributed by atoms with Gasteiger partial charge in [0.25, 0.3) is 0 Å². The first kappa shape index (κ1) is 20.4. The van der Waals surface area contributed by atoms with Crippen LogP contribution in [0, 0.1) is 5.92 Å². The Hall–Kier alpha value is -2.85. The van der Waals surface area contributed by atoms with Crippen LogP contribution in [0.1, 0.15) is 25.1 Å². The van der Waals surface area contributed by atoms with Gasteiger partial charge in [0, 0.05) is 24.7 Å². The lowest BCUT2D eigenvalue weighted by molar-refractivity contribution is -0.149. The van der Waals surface area contributed by atoms with Crippen molar-refractivity contribution in [2.45, 2.75) is 38.3 Å². The van der Waals surface area contributed by atoms with Crippen molar-refractivity contribution in [3.8, 4) is 0 Å². The average Bonchev–Trinajstić information content (AvgIpc) is 3.27. The third-order valence-electron chi connectivity index (χ3n) is 5.12. The summed E-state index contributed by atoms with van der Waals surface area (Å²) in [6, 6.07) is 3.69. The van der Waals surface area contributed by atoms with Crippen molar-refractivity contribution in [1.29, 1.82) is 0 Å². The number of hydrogen-bond donors (Lipinski definition) is 1. The van der Waals surface area contributed by atoms with Crippen molar-refractivity contribution >= 4 is 34.6 Å². The number of rotatable bonds is 6. The zero-order valence-corrected chi connectivity index (χ0v) is 16.9. The smallest absolute Gasteiger partial charge is 0.306 e. The van der Waals surface area contributed by atoms with Gasteiger partial charge in [-0.2, -0.15) is 9.97 Å². The SMILES string of the molecule is C[C@H]1[C@H](F)[C@H](n2cnc3c(N)nc(Cl)nc32)O[C@@H]1COC(=O)CCc1cccnc1. The van der Waals surface area contributed by atoms with Crippen LogP contribution in [0.3, 0.4) is 0 Å². The largest absolute Gasteiger partial charge is 0.463 e. The summed E-state index contributed by atoms with van der Waals surface area (Å²) in [7, 11) is 0. The predicted octanol–water partition coefficient (Wildman–Crippen LogP) is 2.50. The summed E-state index contributed by atoms with van der Waals surface area (Å²) in [6.07, 6.45) is 2.51. The van der Waals surface area contributed by atoms with Crippen molar-refractivity contribution in [2.75, 3.05) is 12.3 Å². The van der Waals surface area contributed by atoms with E-state index in [-0.39, 0.29) is 35.7 Å². The van der Waals surface area contributed by atoms with Crippen LogP contribution in [-0.4, -0.2) is 49.4 Å². The maximum absolute atomic E-state index is 15.0. The van der Waals surface area contributed by atoms with E-state index < -0.39 is 24.4 Å². The highest BCUT2D eigenvalue weighted by atomic mass is 35.5. The minimum atomic E-state index is -1.36. The zero-order chi connectivity index (χ0) is 21.3. The number of fused-ring (bicyclic) bond motifs is 1. The second-order valence-corrected chi connectivity index (χ2v) is 7.45. The number of ether oxygens (including phenoxy) is 2. The number of aryl methyl sites for hydroxylation is 1. The van der Waals surface area contributed by atoms with Gasteiger partial charge in [0.15, 0.2) is 23.9 Å². The molecule has 11 heteroatoms. The van der Waals surface area contributed by atoms with Gasteiger partial charge >= 0.3 is 5.97 Å². The average molecular weight is 435 g/mol. The Labute approximate surface area is 176 Å². The first-order valence-corrected chi connectivity index (χ1v) is 9.81. The third-order valence-corrected chi connectivity index (χ3v) is 5.29. The Morgan fingerprint density at radius 2 is 2.27 bits per heavy atom. The number of halogens is 2. The molecular formula is C19H20ClFN6O3. The molecule has 0 spiro atoms. The van der Waals surface area contributed by atoms with Gasteiger partial charge in [-0.05, 0) is 29.7 Å². The van der Waals surface area contributed by atoms with E-state index in [2.05, 4.69) is 19.9 Å². The number of imidazole rings is 1. The predicted molar refractivity (Wildman–Crippen MR) is 106 cm³/mol. The van der Waals surface area contributed by atoms with Crippen molar-refractivity contribution in [1.82, 2.24) is 24.5 Å². The lowest BCUT2D eigenvalue weighted by Crippen LogP contribution is -2.25. The van der Waals surface area contributed by atoms with Gasteiger partial charge in [-0.15, -0.1) is 0 Å². The van der Waals surface area contributed by atoms with Crippen LogP contribution in [-0.2, 0) is 20.7 Å². The summed E-state index contributed by atoms with van der Waals surface area (Å²) in [5.41, 5.74) is 7.34. The van der Waals surface area contributed by atoms with Gasteiger partial charge in [-0.25, -0.2) is 9.37 Å². The number of nitrogens with zero attached hydrogens (tertiary/aromatic N) is 5. The molecule has 2 N–H and O–H groups in total. The Morgan fingerprint density at radius 3 is 3.03 bits per heavy atom. The van der Waals surface area contributed by atoms with Gasteiger partial charge in [0.2, 0.25) is 5.28 Å². The van der Waals surface area contributed by atoms with Crippen LogP contribution >= 0.6 is 11.6 Å². The normalized spacial score (nSPS) is 23.7. The minimum absolute atomic E-state index is 0.0472. The molecule has 9 nitrogen and oxygen atoms in total. The van der Waals surface area contributed by atoms with Crippen molar-refractivity contribution in [3.05, 3.63) is 41.7 Å². The number of pyridine rings is 1. The summed E-state index contributed by atoms with van der Waals surface area (Å²) >= 11 is 5.87. The molecule has 4 rings (SSSR count). The van der Waals surface area contributed by atoms with Gasteiger partial charge in [-0.1, -0.05) is 13.0 Å². The highest BCUT2D eigenvalue weighted by molar-refractivity contribution is 6.28. The molecule has 3 aromatic heterocycles. The molecule has 0 unspecified atom stereocenters. The van der Waals surface area contributed by atoms with E-state index in [0.717, 1.165) is 5.56 Å². The minimum Gasteiger partial charge on any atom is -0.463 e. The maximum Gasteiger partial charge on any atom is 0.306 e. The van der Waals surface area contributed by atoms with E-state index in [4.69, 9.17) is 26.8 Å². The fraction of sp³-hybridized carbons (Fsp3) is 0.421. The Balaban J connectivity index is 1.39. The molecule has 0 aliphatic carbocycles. The second-order valence-electron chi connectivity index (χ2n) is 7.11. The zero-order valence-electron chi connectivity index (χ0n) is 16.1. The number of carbonyl (C=O) groups excluding carboxylic acids is 1. The second kappa shape index (κ2) is 8.49. The number of esters is 1. The van der Waals surface area contributed by atoms with Crippen LogP contribution in [0.25, 0.3) is 11.2 Å². The lowest BCUT2D eigenvalue weighted by atomic mass is 10.0. The standard InChI is InChI=1S/C19H20ClFN6O3/c1-10-12(8-29-13(28)5-4-11-3-2-6-23-7-11)30-18(14(10)21)27-9-24-15-16(22)25-19(20)26-17(15)27/h2-3,6-7,9-10,12,14,18H,4-5,8H2,1H3,(H2,22,25,26)/t10-,12-,14+,18-/m1/s1. The molecule has 0 amide bonds. The molecule has 1 fully saturated rings. The Kier molecular flexibility index (Phi) is 5.78. The van der Waals surface area contributed by atoms with E-state index in [1.165, 1.54) is 10.9 Å². The van der Waals surface area contributed by atoms with Crippen molar-refractivity contribution in [3.63, 3.8) is 0 Å². The highest BCUT2D eigenvalue weighted by Gasteiger charge is 2.44. The molecule has 158 valence electrons. The van der Waals surface area contributed by atoms with Crippen molar-refractivity contribution in [2.24, 2.45) is 5.92 Å². The summed E-state index contributed by atoms with van der Waals surface area (Å²) < 4.78 is 27.6. The number of aromatic nitrogens is 5. The fourth-order valence-electron chi connectivity index (χ4n) is 3.39. The quantitative estimate of drug-likeness (QED) is 0.464. The number of nitrogen functional groups attached to an aromatic ring is 1. The number of anilines is 1. The van der Waals surface area contributed by atoms with E-state index >= 15 is 0 Å². The summed E-state index contributed by atoms with van der Waals surface area (Å²) in [5, 5.41) is -0.0673. The summed E-state index contributed by atoms with van der Waals surface area (Å²) in [4.78, 5) is 28.1. The van der Waals surface area contributed by atoms with Gasteiger partial charge in [-0.3, -0.25) is 14.3 Å². The van der Waals surface area contributed by atoms with Gasteiger partial charge in [0.05, 0.1) is 12.4 Å². The molecule has 0 aromatic carbocycles. The van der Waals surface area contributed by atoms with E-state index in [0.29, 0.717) is 11.9 Å². The van der Waals surface area contributed by atoms with Crippen LogP contribution in [0.5, 0.6) is 0 Å². The Morgan fingerprint density at radius 1 is 1.43 bits per heavy atom. The molecule has 1 aliphatic heterocycles. The lowest BCUT2D eigenvalue weighted by Gasteiger charge is -2.16. The third kappa shape index (κ3) is 4.05. The number of hydrogen-bond acceptors (Lipinski definition) is 8. The molecule has 4 heterocycles. The first-order valence-electron chi connectivity index (χ1n) is 9.43. The molecule has 0 bridgehead atoms. The van der Waals surface area contributed by atoms with Crippen LogP contribution in [0.15, 0.2) is 30.9 Å². The fourth-order valence-corrected chi connectivity index (χ4v) is 3.56. The van der Waals surface area contributed by atoms with Crippen molar-refractivity contribution < 1.29 is 18.7 Å². The molecule has 1 saturated heterocycles. The van der Waals surface area contributed by atoms with E-state index in [9.17, 15) is 9.18 Å². The molecule has 1 aliphatic rings. The van der Waals surface area contributed by atoms with E-state index in [1.54, 1.807) is 19.3 Å². The number of carbonyl (C=O) groups is 1. The maximum atomic E-state index is 15.0. The van der Waals surface area contributed by atoms with Gasteiger partial charge < -0.3 is 15.2 Å². The molecule has 0 saturated carbocycles. The van der Waals surface area contributed by atoms with Crippen LogP contribution in [0.2, 0.25) is 5.28 Å². The highest BCUT2D eigenvalue weighted by Crippen LogP contribution is 2.38. The summed E-state index contributed by atoms with van der Waals surface area (Å²) in [6.45, 7) is 1.66. The number of nitrogens with two attached hydrogens (primary N) is 1. The summed E-state index contributed by atoms with van der Waals surface area (Å²) in [5.74, 6) is -0.786. The first-order chi connectivity index (χ1) is 14.4. The Bertz CT molecular complexity index is 1050. The topological polar surface area (TPSA) is 118 Å². The number of alkyl halides is 1. The van der Waals surface area contributed by atoms with Crippen LogP contribution < -0.4 is 5.73 Å². The monoisotopic (exact) mass is 434 g/mol. The van der Waals surface area contributed by atoms with E-state index in [1.807, 2.05) is 12.1 Å². The molecule has 4 atom stereocenters. The molecule has 30 heavy (non-hydrogen) atoms. The van der Waals surface area contributed by atoms with Gasteiger partial charge in [0.1, 0.15) is 12.1 Å². The molecule has 3 aromatic rings.